The van der Waals surface area contributed by atoms with E-state index in [1.807, 2.05) is 6.92 Å². The highest BCUT2D eigenvalue weighted by Crippen LogP contribution is 2.49. The Labute approximate surface area is 150 Å². The van der Waals surface area contributed by atoms with E-state index in [0.29, 0.717) is 19.3 Å². The number of ether oxygens (including phenoxy) is 1. The molecule has 1 aliphatic carbocycles. The number of carbonyl (C=O) groups excluding carboxylic acids is 1. The first-order chi connectivity index (χ1) is 11.8. The lowest BCUT2D eigenvalue weighted by atomic mass is 9.81. The third-order valence-corrected chi connectivity index (χ3v) is 6.01. The van der Waals surface area contributed by atoms with E-state index >= 15 is 0 Å². The van der Waals surface area contributed by atoms with Crippen LogP contribution >= 0.6 is 0 Å². The van der Waals surface area contributed by atoms with E-state index in [4.69, 9.17) is 4.74 Å². The molecule has 2 aliphatic rings. The van der Waals surface area contributed by atoms with Crippen LogP contribution in [0.3, 0.4) is 0 Å². The number of aliphatic hydroxyl groups is 1. The molecule has 0 spiro atoms. The van der Waals surface area contributed by atoms with Crippen molar-refractivity contribution in [3.8, 4) is 0 Å². The summed E-state index contributed by atoms with van der Waals surface area (Å²) < 4.78 is 34.3. The highest BCUT2D eigenvalue weighted by atomic mass is 19.3. The van der Waals surface area contributed by atoms with Gasteiger partial charge in [0.15, 0.2) is 0 Å². The molecule has 25 heavy (non-hydrogen) atoms. The molecule has 2 rings (SSSR count). The standard InChI is InChI=1S/C20H34F2O3/c1-3-5-7-8-9-10-15-16-11-13-20(24,19(21,22)12-6-4-2)25-18(16)14-17(15)23/h15-16,18,24H,3-14H2,1-2H3/t15-,16?,18?,20-/m1/s1. The second kappa shape index (κ2) is 8.90. The molecule has 1 N–H and O–H groups in total. The summed E-state index contributed by atoms with van der Waals surface area (Å²) in [5.74, 6) is -5.59. The van der Waals surface area contributed by atoms with Crippen molar-refractivity contribution in [2.24, 2.45) is 11.8 Å². The average Bonchev–Trinajstić information content (AvgIpc) is 2.87. The number of fused-ring (bicyclic) bond motifs is 1. The third-order valence-electron chi connectivity index (χ3n) is 6.01. The molecule has 0 aromatic rings. The molecule has 0 aromatic heterocycles. The second-order valence-electron chi connectivity index (χ2n) is 7.93. The van der Waals surface area contributed by atoms with Crippen LogP contribution in [0.4, 0.5) is 8.78 Å². The molecule has 0 amide bonds. The van der Waals surface area contributed by atoms with Crippen LogP contribution in [0.2, 0.25) is 0 Å². The molecule has 0 aromatic carbocycles. The van der Waals surface area contributed by atoms with E-state index in [9.17, 15) is 18.7 Å². The molecular formula is C20H34F2O3. The Balaban J connectivity index is 1.91. The molecule has 0 bridgehead atoms. The van der Waals surface area contributed by atoms with Crippen LogP contribution in [0.1, 0.15) is 90.9 Å². The van der Waals surface area contributed by atoms with Gasteiger partial charge in [0, 0.05) is 25.2 Å². The Morgan fingerprint density at radius 3 is 2.52 bits per heavy atom. The van der Waals surface area contributed by atoms with E-state index in [0.717, 1.165) is 19.3 Å². The van der Waals surface area contributed by atoms with Gasteiger partial charge in [-0.05, 0) is 25.2 Å². The van der Waals surface area contributed by atoms with Crippen LogP contribution in [-0.2, 0) is 9.53 Å². The molecule has 3 nitrogen and oxygen atoms in total. The molecule has 2 unspecified atom stereocenters. The maximum atomic E-state index is 14.4. The average molecular weight is 360 g/mol. The molecule has 2 fully saturated rings. The van der Waals surface area contributed by atoms with Gasteiger partial charge in [0.2, 0.25) is 5.79 Å². The first kappa shape index (κ1) is 20.8. The summed E-state index contributed by atoms with van der Waals surface area (Å²) in [6.45, 7) is 4.01. The number of alkyl halides is 2. The van der Waals surface area contributed by atoms with Gasteiger partial charge in [-0.25, -0.2) is 8.78 Å². The summed E-state index contributed by atoms with van der Waals surface area (Å²) in [5.41, 5.74) is 0. The van der Waals surface area contributed by atoms with Crippen molar-refractivity contribution in [2.45, 2.75) is 109 Å². The molecule has 4 atom stereocenters. The van der Waals surface area contributed by atoms with Gasteiger partial charge < -0.3 is 9.84 Å². The van der Waals surface area contributed by atoms with E-state index in [2.05, 4.69) is 6.92 Å². The lowest BCUT2D eigenvalue weighted by molar-refractivity contribution is -0.356. The third kappa shape index (κ3) is 4.79. The predicted molar refractivity (Wildman–Crippen MR) is 93.5 cm³/mol. The maximum absolute atomic E-state index is 14.4. The van der Waals surface area contributed by atoms with Crippen LogP contribution in [0, 0.1) is 11.8 Å². The van der Waals surface area contributed by atoms with Gasteiger partial charge >= 0.3 is 5.92 Å². The summed E-state index contributed by atoms with van der Waals surface area (Å²) in [5, 5.41) is 10.4. The Kier molecular flexibility index (Phi) is 7.39. The van der Waals surface area contributed by atoms with E-state index in [-0.39, 0.29) is 36.9 Å². The van der Waals surface area contributed by atoms with Crippen LogP contribution in [0.25, 0.3) is 0 Å². The van der Waals surface area contributed by atoms with Crippen molar-refractivity contribution < 1.29 is 23.4 Å². The highest BCUT2D eigenvalue weighted by Gasteiger charge is 2.59. The van der Waals surface area contributed by atoms with Gasteiger partial charge in [0.25, 0.3) is 0 Å². The zero-order valence-electron chi connectivity index (χ0n) is 15.7. The largest absolute Gasteiger partial charge is 0.361 e. The predicted octanol–water partition coefficient (Wildman–Crippen LogP) is 5.25. The molecule has 1 aliphatic heterocycles. The molecule has 1 saturated heterocycles. The number of halogens is 2. The molecule has 5 heteroatoms. The summed E-state index contributed by atoms with van der Waals surface area (Å²) in [6, 6.07) is 0. The first-order valence-electron chi connectivity index (χ1n) is 10.2. The molecule has 146 valence electrons. The van der Waals surface area contributed by atoms with E-state index < -0.39 is 17.8 Å². The SMILES string of the molecule is CCCCCCC[C@H]1C(=O)CC2O[C@@](O)(C(F)(F)CCCC)CCC21. The van der Waals surface area contributed by atoms with Crippen molar-refractivity contribution in [1.29, 1.82) is 0 Å². The fourth-order valence-corrected chi connectivity index (χ4v) is 4.39. The first-order valence-corrected chi connectivity index (χ1v) is 10.2. The lowest BCUT2D eigenvalue weighted by Crippen LogP contribution is -2.55. The van der Waals surface area contributed by atoms with Crippen molar-refractivity contribution >= 4 is 5.78 Å². The zero-order valence-corrected chi connectivity index (χ0v) is 15.7. The van der Waals surface area contributed by atoms with Crippen molar-refractivity contribution in [3.05, 3.63) is 0 Å². The highest BCUT2D eigenvalue weighted by molar-refractivity contribution is 5.84. The summed E-state index contributed by atoms with van der Waals surface area (Å²) in [6.07, 6.45) is 7.19. The quantitative estimate of drug-likeness (QED) is 0.542. The molecule has 1 saturated carbocycles. The Bertz CT molecular complexity index is 441. The Morgan fingerprint density at radius 1 is 1.16 bits per heavy atom. The van der Waals surface area contributed by atoms with Gasteiger partial charge in [-0.3, -0.25) is 4.79 Å². The Hall–Kier alpha value is -0.550. The van der Waals surface area contributed by atoms with E-state index in [1.165, 1.54) is 19.3 Å². The van der Waals surface area contributed by atoms with Crippen LogP contribution < -0.4 is 0 Å². The van der Waals surface area contributed by atoms with Crippen molar-refractivity contribution in [1.82, 2.24) is 0 Å². The van der Waals surface area contributed by atoms with E-state index in [1.54, 1.807) is 0 Å². The van der Waals surface area contributed by atoms with Gasteiger partial charge in [-0.1, -0.05) is 52.4 Å². The fraction of sp³-hybridized carbons (Fsp3) is 0.950. The molecular weight excluding hydrogens is 326 g/mol. The lowest BCUT2D eigenvalue weighted by Gasteiger charge is -2.43. The van der Waals surface area contributed by atoms with Crippen molar-refractivity contribution in [2.75, 3.05) is 0 Å². The number of rotatable bonds is 10. The van der Waals surface area contributed by atoms with Gasteiger partial charge in [-0.2, -0.15) is 0 Å². The monoisotopic (exact) mass is 360 g/mol. The smallest absolute Gasteiger partial charge is 0.300 e. The summed E-state index contributed by atoms with van der Waals surface area (Å²) in [7, 11) is 0. The number of unbranched alkanes of at least 4 members (excludes halogenated alkanes) is 5. The van der Waals surface area contributed by atoms with Gasteiger partial charge in [-0.15, -0.1) is 0 Å². The van der Waals surface area contributed by atoms with Crippen LogP contribution in [-0.4, -0.2) is 28.7 Å². The minimum Gasteiger partial charge on any atom is -0.361 e. The fourth-order valence-electron chi connectivity index (χ4n) is 4.39. The zero-order chi connectivity index (χ0) is 18.5. The minimum atomic E-state index is -3.25. The summed E-state index contributed by atoms with van der Waals surface area (Å²) >= 11 is 0. The normalized spacial score (nSPS) is 32.8. The molecule has 1 heterocycles. The number of hydrogen-bond donors (Lipinski definition) is 1. The topological polar surface area (TPSA) is 46.5 Å². The maximum Gasteiger partial charge on any atom is 0.300 e. The van der Waals surface area contributed by atoms with Crippen molar-refractivity contribution in [3.63, 3.8) is 0 Å². The number of Topliss-reactive ketones (excluding diaryl/α,β-unsaturated/α-hetero) is 1. The molecule has 0 radical (unpaired) electrons. The van der Waals surface area contributed by atoms with Crippen LogP contribution in [0.15, 0.2) is 0 Å². The summed E-state index contributed by atoms with van der Waals surface area (Å²) in [4.78, 5) is 12.3. The van der Waals surface area contributed by atoms with Gasteiger partial charge in [0.05, 0.1) is 6.10 Å². The number of ketones is 1. The Morgan fingerprint density at radius 2 is 1.84 bits per heavy atom. The van der Waals surface area contributed by atoms with Crippen LogP contribution in [0.5, 0.6) is 0 Å². The van der Waals surface area contributed by atoms with Gasteiger partial charge in [0.1, 0.15) is 5.78 Å². The number of carbonyl (C=O) groups is 1. The minimum absolute atomic E-state index is 0.000857. The number of hydrogen-bond acceptors (Lipinski definition) is 3. The second-order valence-corrected chi connectivity index (χ2v) is 7.93.